The zero-order valence-electron chi connectivity index (χ0n) is 37.7. The van der Waals surface area contributed by atoms with E-state index in [0.717, 1.165) is 89.9 Å². The molecule has 2 unspecified atom stereocenters. The Labute approximate surface area is 366 Å². The Morgan fingerprint density at radius 2 is 0.917 bits per heavy atom. The van der Waals surface area contributed by atoms with Crippen LogP contribution in [0.3, 0.4) is 0 Å². The van der Waals surface area contributed by atoms with E-state index in [2.05, 4.69) is 129 Å². The molecule has 0 bridgehead atoms. The molecule has 0 aliphatic rings. The molecular formula is C53H84N2O5. The number of aliphatic carboxylic acids is 1. The highest BCUT2D eigenvalue weighted by Crippen LogP contribution is 2.14. The Bertz CT molecular complexity index is 1350. The molecule has 0 spiro atoms. The Morgan fingerprint density at radius 1 is 0.500 bits per heavy atom. The van der Waals surface area contributed by atoms with Gasteiger partial charge in [0, 0.05) is 12.8 Å². The van der Waals surface area contributed by atoms with E-state index in [9.17, 15) is 19.5 Å². The van der Waals surface area contributed by atoms with Gasteiger partial charge in [0.1, 0.15) is 12.1 Å². The zero-order chi connectivity index (χ0) is 43.8. The number of esters is 1. The number of hydrogen-bond donors (Lipinski definition) is 3. The van der Waals surface area contributed by atoms with Crippen molar-refractivity contribution in [1.82, 2.24) is 5.32 Å². The third kappa shape index (κ3) is 41.9. The highest BCUT2D eigenvalue weighted by molar-refractivity contribution is 5.83. The van der Waals surface area contributed by atoms with Crippen LogP contribution in [0.2, 0.25) is 0 Å². The fourth-order valence-electron chi connectivity index (χ4n) is 6.07. The molecule has 0 heterocycles. The predicted octanol–water partition coefficient (Wildman–Crippen LogP) is 13.8. The minimum Gasteiger partial charge on any atom is -0.480 e. The number of carbonyl (C=O) groups is 3. The van der Waals surface area contributed by atoms with Gasteiger partial charge < -0.3 is 20.9 Å². The second-order valence-electron chi connectivity index (χ2n) is 15.0. The maximum absolute atomic E-state index is 12.8. The van der Waals surface area contributed by atoms with Crippen molar-refractivity contribution in [3.8, 4) is 0 Å². The fourth-order valence-corrected chi connectivity index (χ4v) is 6.07. The van der Waals surface area contributed by atoms with Gasteiger partial charge in [-0.05, 0) is 128 Å². The van der Waals surface area contributed by atoms with E-state index >= 15 is 0 Å². The van der Waals surface area contributed by atoms with Crippen molar-refractivity contribution in [2.75, 3.05) is 6.54 Å². The summed E-state index contributed by atoms with van der Waals surface area (Å²) in [6.07, 6.45) is 65.4. The first kappa shape index (κ1) is 55.8. The number of nitrogens with one attached hydrogen (secondary N) is 1. The average molecular weight is 829 g/mol. The Balaban J connectivity index is 4.45. The van der Waals surface area contributed by atoms with E-state index in [1.54, 1.807) is 0 Å². The quantitative estimate of drug-likeness (QED) is 0.0321. The van der Waals surface area contributed by atoms with Crippen LogP contribution in [0.5, 0.6) is 0 Å². The van der Waals surface area contributed by atoms with Crippen molar-refractivity contribution >= 4 is 17.8 Å². The summed E-state index contributed by atoms with van der Waals surface area (Å²) in [6.45, 7) is 4.67. The largest absolute Gasteiger partial charge is 0.480 e. The summed E-state index contributed by atoms with van der Waals surface area (Å²) in [7, 11) is 0. The summed E-state index contributed by atoms with van der Waals surface area (Å²) in [5, 5.41) is 12.0. The number of rotatable bonds is 40. The zero-order valence-corrected chi connectivity index (χ0v) is 37.7. The van der Waals surface area contributed by atoms with Crippen LogP contribution >= 0.6 is 0 Å². The van der Waals surface area contributed by atoms with Gasteiger partial charge in [0.15, 0.2) is 0 Å². The van der Waals surface area contributed by atoms with Gasteiger partial charge in [-0.1, -0.05) is 161 Å². The molecule has 0 radical (unpaired) electrons. The van der Waals surface area contributed by atoms with Crippen molar-refractivity contribution in [3.05, 3.63) is 122 Å². The van der Waals surface area contributed by atoms with Crippen LogP contribution < -0.4 is 11.1 Å². The standard InChI is InChI=1S/C53H84N2O5/c1-3-5-7-9-11-13-15-17-19-20-21-22-23-24-25-26-27-29-31-33-35-37-39-47-52(57)60-49(44-40-41-46-51(56)55-50(53(58)59)45-42-48-54)43-38-36-34-32-30-28-18-16-14-12-10-8-6-4-2/h5-8,11-14,17-19,21-22,24-25,28,32,34,38,43,49-50H,3-4,9-10,15-16,20,23,26-27,29-31,33,35-37,39-42,44-48,54H2,1-2H3,(H,55,56)(H,58,59)/b7-5-,8-6-,13-11-,14-12-,19-17-,22-21-,25-24-,28-18-,34-32-,43-38-. The number of unbranched alkanes of at least 4 members (excludes halogenated alkanes) is 8. The Morgan fingerprint density at radius 3 is 1.38 bits per heavy atom. The van der Waals surface area contributed by atoms with Gasteiger partial charge in [-0.15, -0.1) is 0 Å². The molecule has 0 saturated heterocycles. The SMILES string of the molecule is CC/C=C\C/C=C\C/C=C\C/C=C\C/C=C\CCCCCCCCCC(=O)OC(/C=C\C/C=C\C/C=C\C/C=C\C/C=C\CC)CCCCC(=O)NC(CCCN)C(=O)O. The summed E-state index contributed by atoms with van der Waals surface area (Å²) >= 11 is 0. The second-order valence-corrected chi connectivity index (χ2v) is 15.0. The van der Waals surface area contributed by atoms with E-state index in [1.165, 1.54) is 25.7 Å². The first-order chi connectivity index (χ1) is 29.4. The summed E-state index contributed by atoms with van der Waals surface area (Å²) in [4.78, 5) is 36.7. The van der Waals surface area contributed by atoms with Crippen LogP contribution in [-0.2, 0) is 19.1 Å². The molecule has 4 N–H and O–H groups in total. The number of amides is 1. The minimum absolute atomic E-state index is 0.181. The lowest BCUT2D eigenvalue weighted by molar-refractivity contribution is -0.147. The predicted molar refractivity (Wildman–Crippen MR) is 257 cm³/mol. The smallest absolute Gasteiger partial charge is 0.326 e. The number of allylic oxidation sites excluding steroid dienone is 19. The molecule has 0 aromatic carbocycles. The van der Waals surface area contributed by atoms with E-state index in [4.69, 9.17) is 10.5 Å². The van der Waals surface area contributed by atoms with Crippen LogP contribution in [0.4, 0.5) is 0 Å². The molecule has 2 atom stereocenters. The fraction of sp³-hybridized carbons (Fsp3) is 0.566. The lowest BCUT2D eigenvalue weighted by Crippen LogP contribution is -2.40. The summed E-state index contributed by atoms with van der Waals surface area (Å²) < 4.78 is 5.88. The first-order valence-electron chi connectivity index (χ1n) is 23.4. The number of nitrogens with two attached hydrogens (primary N) is 1. The normalized spacial score (nSPS) is 13.8. The molecule has 7 heteroatoms. The summed E-state index contributed by atoms with van der Waals surface area (Å²) in [5.74, 6) is -1.51. The molecule has 0 aliphatic heterocycles. The van der Waals surface area contributed by atoms with Crippen molar-refractivity contribution in [2.24, 2.45) is 5.73 Å². The van der Waals surface area contributed by atoms with Gasteiger partial charge in [-0.25, -0.2) is 4.79 Å². The molecule has 0 saturated carbocycles. The van der Waals surface area contributed by atoms with Gasteiger partial charge >= 0.3 is 11.9 Å². The van der Waals surface area contributed by atoms with Crippen LogP contribution in [-0.4, -0.2) is 41.6 Å². The number of ether oxygens (including phenoxy) is 1. The molecule has 0 aromatic rings. The molecule has 7 nitrogen and oxygen atoms in total. The third-order valence-corrected chi connectivity index (χ3v) is 9.51. The molecule has 60 heavy (non-hydrogen) atoms. The number of hydrogen-bond acceptors (Lipinski definition) is 5. The van der Waals surface area contributed by atoms with Gasteiger partial charge in [0.05, 0.1) is 0 Å². The maximum Gasteiger partial charge on any atom is 0.326 e. The Hall–Kier alpha value is -4.23. The topological polar surface area (TPSA) is 119 Å². The number of carboxylic acid groups (broad SMARTS) is 1. The Kier molecular flexibility index (Phi) is 42.6. The number of carbonyl (C=O) groups excluding carboxylic acids is 2. The van der Waals surface area contributed by atoms with E-state index in [1.807, 2.05) is 12.2 Å². The average Bonchev–Trinajstić information content (AvgIpc) is 3.23. The molecule has 0 rings (SSSR count). The minimum atomic E-state index is -1.05. The van der Waals surface area contributed by atoms with E-state index < -0.39 is 12.0 Å². The maximum atomic E-state index is 12.8. The lowest BCUT2D eigenvalue weighted by atomic mass is 10.1. The van der Waals surface area contributed by atoms with Crippen LogP contribution in [0.25, 0.3) is 0 Å². The second kappa shape index (κ2) is 45.8. The van der Waals surface area contributed by atoms with E-state index in [0.29, 0.717) is 45.1 Å². The monoisotopic (exact) mass is 829 g/mol. The van der Waals surface area contributed by atoms with Crippen LogP contribution in [0, 0.1) is 0 Å². The van der Waals surface area contributed by atoms with Crippen molar-refractivity contribution in [1.29, 1.82) is 0 Å². The molecule has 336 valence electrons. The van der Waals surface area contributed by atoms with Gasteiger partial charge in [0.25, 0.3) is 0 Å². The number of carboxylic acids is 1. The molecule has 1 amide bonds. The van der Waals surface area contributed by atoms with Gasteiger partial charge in [0.2, 0.25) is 5.91 Å². The summed E-state index contributed by atoms with van der Waals surface area (Å²) in [5.41, 5.74) is 5.51. The highest BCUT2D eigenvalue weighted by Gasteiger charge is 2.19. The van der Waals surface area contributed by atoms with Crippen LogP contribution in [0.1, 0.15) is 174 Å². The van der Waals surface area contributed by atoms with Crippen molar-refractivity contribution in [2.45, 2.75) is 187 Å². The highest BCUT2D eigenvalue weighted by atomic mass is 16.5. The third-order valence-electron chi connectivity index (χ3n) is 9.51. The first-order valence-corrected chi connectivity index (χ1v) is 23.4. The van der Waals surface area contributed by atoms with Gasteiger partial charge in [-0.3, -0.25) is 9.59 Å². The van der Waals surface area contributed by atoms with Crippen molar-refractivity contribution in [3.63, 3.8) is 0 Å². The molecule has 0 aliphatic carbocycles. The van der Waals surface area contributed by atoms with Crippen LogP contribution in [0.15, 0.2) is 122 Å². The lowest BCUT2D eigenvalue weighted by Gasteiger charge is -2.16. The summed E-state index contributed by atoms with van der Waals surface area (Å²) in [6, 6.07) is -0.920. The van der Waals surface area contributed by atoms with Gasteiger partial charge in [-0.2, -0.15) is 0 Å². The molecule has 0 fully saturated rings. The molecule has 0 aromatic heterocycles. The van der Waals surface area contributed by atoms with E-state index in [-0.39, 0.29) is 24.4 Å². The molecular weight excluding hydrogens is 745 g/mol. The van der Waals surface area contributed by atoms with Crippen molar-refractivity contribution < 1.29 is 24.2 Å².